The van der Waals surface area contributed by atoms with Crippen LogP contribution in [-0.4, -0.2) is 50.4 Å². The van der Waals surface area contributed by atoms with Crippen molar-refractivity contribution < 1.29 is 14.3 Å². The molecule has 3 aromatic rings. The first kappa shape index (κ1) is 22.8. The molecule has 1 amide bonds. The summed E-state index contributed by atoms with van der Waals surface area (Å²) in [5.74, 6) is 0.959. The highest BCUT2D eigenvalue weighted by Gasteiger charge is 2.25. The van der Waals surface area contributed by atoms with Gasteiger partial charge in [0, 0.05) is 24.5 Å². The standard InChI is InChI=1S/C20H17FN8O2.C3H6/c21-14-4-6-29(11-14)18-12(8-22)7-13(9-25-18)16-3-5-23-19(27-16)26-15-1-2-17(24-10-15)28-20(30)31;1-2-3-1/h1-3,5,7,9-10,14H,4,6,11H2,(H,24,28)(H,30,31)(H,23,26,27);1-3H2/t14-;/m0./s1. The monoisotopic (exact) mass is 462 g/mol. The van der Waals surface area contributed by atoms with Crippen molar-refractivity contribution in [2.45, 2.75) is 31.9 Å². The van der Waals surface area contributed by atoms with Gasteiger partial charge in [0.1, 0.15) is 23.9 Å². The predicted molar refractivity (Wildman–Crippen MR) is 125 cm³/mol. The molecule has 1 saturated carbocycles. The second-order valence-corrected chi connectivity index (χ2v) is 7.85. The average molecular weight is 462 g/mol. The number of hydrogen-bond acceptors (Lipinski definition) is 8. The smallest absolute Gasteiger partial charge is 0.410 e. The van der Waals surface area contributed by atoms with Crippen LogP contribution in [0.15, 0.2) is 42.9 Å². The molecule has 1 aliphatic carbocycles. The molecule has 3 aromatic heterocycles. The van der Waals surface area contributed by atoms with E-state index >= 15 is 0 Å². The van der Waals surface area contributed by atoms with Crippen molar-refractivity contribution in [1.29, 1.82) is 5.26 Å². The summed E-state index contributed by atoms with van der Waals surface area (Å²) in [5.41, 5.74) is 2.09. The third kappa shape index (κ3) is 6.13. The largest absolute Gasteiger partial charge is 0.465 e. The van der Waals surface area contributed by atoms with E-state index in [-0.39, 0.29) is 12.4 Å². The van der Waals surface area contributed by atoms with Crippen LogP contribution in [0.3, 0.4) is 0 Å². The maximum Gasteiger partial charge on any atom is 0.410 e. The highest BCUT2D eigenvalue weighted by Crippen LogP contribution is 2.27. The second-order valence-electron chi connectivity index (χ2n) is 7.85. The summed E-state index contributed by atoms with van der Waals surface area (Å²) in [7, 11) is 0. The number of nitriles is 1. The summed E-state index contributed by atoms with van der Waals surface area (Å²) in [6.45, 7) is 0.760. The van der Waals surface area contributed by atoms with Crippen molar-refractivity contribution in [2.75, 3.05) is 28.6 Å². The summed E-state index contributed by atoms with van der Waals surface area (Å²) < 4.78 is 13.5. The zero-order valence-electron chi connectivity index (χ0n) is 18.3. The van der Waals surface area contributed by atoms with Gasteiger partial charge < -0.3 is 15.3 Å². The SMILES string of the molecule is C1CC1.N#Cc1cc(-c2ccnc(Nc3ccc(NC(=O)O)nc3)n2)cnc1N1CC[C@H](F)C1. The molecule has 1 saturated heterocycles. The van der Waals surface area contributed by atoms with Gasteiger partial charge in [0.05, 0.1) is 29.7 Å². The number of halogens is 1. The van der Waals surface area contributed by atoms with Gasteiger partial charge in [-0.15, -0.1) is 0 Å². The lowest BCUT2D eigenvalue weighted by atomic mass is 10.1. The Morgan fingerprint density at radius 2 is 2.00 bits per heavy atom. The molecule has 11 heteroatoms. The molecule has 3 N–H and O–H groups in total. The maximum atomic E-state index is 13.5. The number of nitrogens with one attached hydrogen (secondary N) is 2. The Hall–Kier alpha value is -4.33. The highest BCUT2D eigenvalue weighted by atomic mass is 19.1. The molecule has 0 unspecified atom stereocenters. The lowest BCUT2D eigenvalue weighted by Gasteiger charge is -2.18. The van der Waals surface area contributed by atoms with Gasteiger partial charge in [0.2, 0.25) is 5.95 Å². The van der Waals surface area contributed by atoms with Crippen molar-refractivity contribution in [2.24, 2.45) is 0 Å². The molecule has 10 nitrogen and oxygen atoms in total. The van der Waals surface area contributed by atoms with Gasteiger partial charge in [0.15, 0.2) is 0 Å². The van der Waals surface area contributed by atoms with E-state index in [1.165, 1.54) is 31.5 Å². The summed E-state index contributed by atoms with van der Waals surface area (Å²) in [6.07, 6.45) is 7.42. The molecule has 1 aliphatic heterocycles. The number of anilines is 4. The van der Waals surface area contributed by atoms with Gasteiger partial charge in [-0.05, 0) is 30.7 Å². The van der Waals surface area contributed by atoms with Crippen LogP contribution in [-0.2, 0) is 0 Å². The Morgan fingerprint density at radius 3 is 2.62 bits per heavy atom. The minimum atomic E-state index is -1.20. The zero-order chi connectivity index (χ0) is 23.9. The molecule has 174 valence electrons. The highest BCUT2D eigenvalue weighted by molar-refractivity contribution is 5.81. The zero-order valence-corrected chi connectivity index (χ0v) is 18.3. The minimum absolute atomic E-state index is 0.194. The Morgan fingerprint density at radius 1 is 1.18 bits per heavy atom. The minimum Gasteiger partial charge on any atom is -0.465 e. The van der Waals surface area contributed by atoms with E-state index in [2.05, 4.69) is 36.6 Å². The number of nitrogens with zero attached hydrogens (tertiary/aromatic N) is 6. The molecule has 2 fully saturated rings. The Balaban J connectivity index is 0.000000846. The Labute approximate surface area is 195 Å². The van der Waals surface area contributed by atoms with Crippen LogP contribution < -0.4 is 15.5 Å². The second kappa shape index (κ2) is 10.5. The van der Waals surface area contributed by atoms with Crippen LogP contribution in [0, 0.1) is 11.3 Å². The molecule has 0 spiro atoms. The van der Waals surface area contributed by atoms with E-state index < -0.39 is 12.3 Å². The van der Waals surface area contributed by atoms with Gasteiger partial charge in [-0.25, -0.2) is 29.1 Å². The van der Waals surface area contributed by atoms with E-state index in [0.717, 1.165) is 0 Å². The number of amides is 1. The van der Waals surface area contributed by atoms with Crippen LogP contribution in [0.5, 0.6) is 0 Å². The van der Waals surface area contributed by atoms with Crippen LogP contribution in [0.1, 0.15) is 31.2 Å². The van der Waals surface area contributed by atoms with Gasteiger partial charge in [0.25, 0.3) is 0 Å². The van der Waals surface area contributed by atoms with Gasteiger partial charge in [-0.1, -0.05) is 19.3 Å². The lowest BCUT2D eigenvalue weighted by molar-refractivity contribution is 0.209. The third-order valence-corrected chi connectivity index (χ3v) is 4.98. The summed E-state index contributed by atoms with van der Waals surface area (Å²) in [5, 5.41) is 23.4. The molecule has 5 rings (SSSR count). The number of carboxylic acid groups (broad SMARTS) is 1. The fraction of sp³-hybridized carbons (Fsp3) is 0.304. The molecular formula is C23H23FN8O2. The van der Waals surface area contributed by atoms with Crippen molar-refractivity contribution in [3.8, 4) is 17.3 Å². The van der Waals surface area contributed by atoms with Gasteiger partial charge >= 0.3 is 6.09 Å². The number of alkyl halides is 1. The molecule has 34 heavy (non-hydrogen) atoms. The van der Waals surface area contributed by atoms with Gasteiger partial charge in [-0.3, -0.25) is 5.32 Å². The van der Waals surface area contributed by atoms with E-state index in [1.54, 1.807) is 35.5 Å². The van der Waals surface area contributed by atoms with Crippen molar-refractivity contribution >= 4 is 29.4 Å². The van der Waals surface area contributed by atoms with E-state index in [0.29, 0.717) is 47.2 Å². The van der Waals surface area contributed by atoms with Crippen molar-refractivity contribution in [3.63, 3.8) is 0 Å². The van der Waals surface area contributed by atoms with E-state index in [1.807, 2.05) is 0 Å². The van der Waals surface area contributed by atoms with E-state index in [4.69, 9.17) is 5.11 Å². The molecule has 0 radical (unpaired) electrons. The summed E-state index contributed by atoms with van der Waals surface area (Å²) in [4.78, 5) is 29.4. The number of carbonyl (C=O) groups is 1. The number of rotatable bonds is 5. The summed E-state index contributed by atoms with van der Waals surface area (Å²) in [6, 6.07) is 8.63. The van der Waals surface area contributed by atoms with Crippen LogP contribution >= 0.6 is 0 Å². The predicted octanol–water partition coefficient (Wildman–Crippen LogP) is 4.36. The molecule has 0 bridgehead atoms. The van der Waals surface area contributed by atoms with E-state index in [9.17, 15) is 14.4 Å². The number of aromatic nitrogens is 4. The Kier molecular flexibility index (Phi) is 7.07. The van der Waals surface area contributed by atoms with Crippen molar-refractivity contribution in [3.05, 3.63) is 48.4 Å². The number of pyridine rings is 2. The Bertz CT molecular complexity index is 1190. The molecule has 0 aromatic carbocycles. The van der Waals surface area contributed by atoms with Gasteiger partial charge in [-0.2, -0.15) is 5.26 Å². The molecular weight excluding hydrogens is 439 g/mol. The van der Waals surface area contributed by atoms with Crippen LogP contribution in [0.4, 0.5) is 32.5 Å². The maximum absolute atomic E-state index is 13.5. The lowest BCUT2D eigenvalue weighted by Crippen LogP contribution is -2.22. The topological polar surface area (TPSA) is 140 Å². The third-order valence-electron chi connectivity index (χ3n) is 4.98. The average Bonchev–Trinajstić information content (AvgIpc) is 3.67. The summed E-state index contributed by atoms with van der Waals surface area (Å²) >= 11 is 0. The van der Waals surface area contributed by atoms with Crippen LogP contribution in [0.2, 0.25) is 0 Å². The quantitative estimate of drug-likeness (QED) is 0.504. The first-order chi connectivity index (χ1) is 16.5. The first-order valence-corrected chi connectivity index (χ1v) is 10.9. The molecule has 1 atom stereocenters. The molecule has 2 aliphatic rings. The fourth-order valence-electron chi connectivity index (χ4n) is 3.20. The fourth-order valence-corrected chi connectivity index (χ4v) is 3.20. The normalized spacial score (nSPS) is 16.1. The number of hydrogen-bond donors (Lipinski definition) is 3. The van der Waals surface area contributed by atoms with Crippen LogP contribution in [0.25, 0.3) is 11.3 Å². The first-order valence-electron chi connectivity index (χ1n) is 10.9. The van der Waals surface area contributed by atoms with Crippen molar-refractivity contribution in [1.82, 2.24) is 19.9 Å². The molecule has 4 heterocycles.